The van der Waals surface area contributed by atoms with Gasteiger partial charge in [-0.05, 0) is 47.2 Å². The molecule has 0 spiro atoms. The number of hydrogen-bond donors (Lipinski definition) is 0. The van der Waals surface area contributed by atoms with Crippen LogP contribution >= 0.6 is 11.8 Å². The molecule has 148 valence electrons. The number of benzene rings is 3. The lowest BCUT2D eigenvalue weighted by Gasteiger charge is -2.14. The van der Waals surface area contributed by atoms with E-state index in [9.17, 15) is 9.59 Å². The molecule has 0 radical (unpaired) electrons. The van der Waals surface area contributed by atoms with E-state index in [0.29, 0.717) is 4.91 Å². The average molecular weight is 413 g/mol. The summed E-state index contributed by atoms with van der Waals surface area (Å²) in [6.45, 7) is 2.31. The Hall–Kier alpha value is -3.31. The van der Waals surface area contributed by atoms with Gasteiger partial charge in [-0.1, -0.05) is 60.7 Å². The SMILES string of the molecule is Cc1c(/C=C2\SC(=O)N(Cc3cccc4ccccc34)C2=O)c2ccccc2n1C. The topological polar surface area (TPSA) is 42.3 Å². The number of aryl methyl sites for hydroxylation is 1. The minimum atomic E-state index is -0.231. The van der Waals surface area contributed by atoms with Crippen LogP contribution in [0.15, 0.2) is 71.6 Å². The minimum Gasteiger partial charge on any atom is -0.347 e. The summed E-state index contributed by atoms with van der Waals surface area (Å²) in [6.07, 6.45) is 1.87. The molecule has 0 atom stereocenters. The normalized spacial score (nSPS) is 15.8. The van der Waals surface area contributed by atoms with Gasteiger partial charge in [0.1, 0.15) is 0 Å². The van der Waals surface area contributed by atoms with Crippen LogP contribution in [-0.2, 0) is 18.4 Å². The Balaban J connectivity index is 1.52. The Kier molecular flexibility index (Phi) is 4.48. The number of imide groups is 1. The van der Waals surface area contributed by atoms with Crippen LogP contribution in [0.25, 0.3) is 27.8 Å². The predicted octanol–water partition coefficient (Wildman–Crippen LogP) is 5.88. The molecular formula is C25H20N2O2S. The van der Waals surface area contributed by atoms with Gasteiger partial charge in [0.2, 0.25) is 0 Å². The number of para-hydroxylation sites is 1. The zero-order valence-corrected chi connectivity index (χ0v) is 17.6. The number of carbonyl (C=O) groups is 2. The van der Waals surface area contributed by atoms with Crippen molar-refractivity contribution in [3.63, 3.8) is 0 Å². The van der Waals surface area contributed by atoms with Crippen molar-refractivity contribution in [1.82, 2.24) is 9.47 Å². The van der Waals surface area contributed by atoms with E-state index in [2.05, 4.69) is 16.7 Å². The van der Waals surface area contributed by atoms with E-state index >= 15 is 0 Å². The second-order valence-electron chi connectivity index (χ2n) is 7.48. The third-order valence-electron chi connectivity index (χ3n) is 5.81. The Morgan fingerprint density at radius 3 is 2.43 bits per heavy atom. The summed E-state index contributed by atoms with van der Waals surface area (Å²) >= 11 is 1.02. The van der Waals surface area contributed by atoms with Crippen LogP contribution in [0.2, 0.25) is 0 Å². The van der Waals surface area contributed by atoms with E-state index in [4.69, 9.17) is 0 Å². The third-order valence-corrected chi connectivity index (χ3v) is 6.71. The lowest BCUT2D eigenvalue weighted by Crippen LogP contribution is -2.27. The van der Waals surface area contributed by atoms with Crippen molar-refractivity contribution < 1.29 is 9.59 Å². The summed E-state index contributed by atoms with van der Waals surface area (Å²) in [5.74, 6) is -0.231. The van der Waals surface area contributed by atoms with Gasteiger partial charge < -0.3 is 4.57 Å². The molecule has 1 fully saturated rings. The van der Waals surface area contributed by atoms with E-state index in [1.54, 1.807) is 0 Å². The summed E-state index contributed by atoms with van der Waals surface area (Å²) < 4.78 is 2.11. The first-order chi connectivity index (χ1) is 14.5. The highest BCUT2D eigenvalue weighted by Gasteiger charge is 2.35. The largest absolute Gasteiger partial charge is 0.347 e. The van der Waals surface area contributed by atoms with E-state index in [1.165, 1.54) is 4.90 Å². The molecule has 0 bridgehead atoms. The quantitative estimate of drug-likeness (QED) is 0.395. The second-order valence-corrected chi connectivity index (χ2v) is 8.47. The molecule has 0 aliphatic carbocycles. The van der Waals surface area contributed by atoms with Gasteiger partial charge in [0.05, 0.1) is 11.4 Å². The number of thioether (sulfide) groups is 1. The number of rotatable bonds is 3. The molecular weight excluding hydrogens is 392 g/mol. The van der Waals surface area contributed by atoms with Crippen molar-refractivity contribution in [2.24, 2.45) is 7.05 Å². The fourth-order valence-electron chi connectivity index (χ4n) is 4.10. The molecule has 0 saturated carbocycles. The van der Waals surface area contributed by atoms with Crippen molar-refractivity contribution in [3.8, 4) is 0 Å². The number of fused-ring (bicyclic) bond motifs is 2. The van der Waals surface area contributed by atoms with E-state index < -0.39 is 0 Å². The second kappa shape index (κ2) is 7.18. The van der Waals surface area contributed by atoms with Crippen molar-refractivity contribution >= 4 is 50.7 Å². The summed E-state index contributed by atoms with van der Waals surface area (Å²) in [4.78, 5) is 27.6. The first-order valence-corrected chi connectivity index (χ1v) is 10.6. The lowest BCUT2D eigenvalue weighted by molar-refractivity contribution is -0.123. The number of hydrogen-bond acceptors (Lipinski definition) is 3. The zero-order valence-electron chi connectivity index (χ0n) is 16.8. The van der Waals surface area contributed by atoms with Crippen LogP contribution < -0.4 is 0 Å². The van der Waals surface area contributed by atoms with Gasteiger partial charge in [-0.2, -0.15) is 0 Å². The molecule has 0 unspecified atom stereocenters. The molecule has 1 aliphatic heterocycles. The van der Waals surface area contributed by atoms with Crippen molar-refractivity contribution in [1.29, 1.82) is 0 Å². The summed E-state index contributed by atoms with van der Waals surface area (Å²) in [5.41, 5.74) is 4.13. The van der Waals surface area contributed by atoms with Crippen molar-refractivity contribution in [3.05, 3.63) is 88.5 Å². The molecule has 5 rings (SSSR count). The van der Waals surface area contributed by atoms with Gasteiger partial charge in [-0.15, -0.1) is 0 Å². The number of amides is 2. The Bertz CT molecular complexity index is 1360. The molecule has 1 aromatic heterocycles. The van der Waals surface area contributed by atoms with E-state index in [0.717, 1.165) is 50.3 Å². The molecule has 1 saturated heterocycles. The molecule has 2 amide bonds. The van der Waals surface area contributed by atoms with Gasteiger partial charge in [-0.25, -0.2) is 0 Å². The first kappa shape index (κ1) is 18.7. The number of nitrogens with zero attached hydrogens (tertiary/aromatic N) is 2. The van der Waals surface area contributed by atoms with Gasteiger partial charge >= 0.3 is 0 Å². The van der Waals surface area contributed by atoms with E-state index in [1.807, 2.05) is 74.6 Å². The van der Waals surface area contributed by atoms with Crippen LogP contribution in [0, 0.1) is 6.92 Å². The summed E-state index contributed by atoms with van der Waals surface area (Å²) in [6, 6.07) is 22.1. The fraction of sp³-hybridized carbons (Fsp3) is 0.120. The molecule has 3 aromatic carbocycles. The Labute approximate surface area is 178 Å². The standard InChI is InChI=1S/C25H20N2O2S/c1-16-21(20-12-5-6-13-22(20)26(16)2)14-23-24(28)27(25(29)30-23)15-18-10-7-9-17-8-3-4-11-19(17)18/h3-14H,15H2,1-2H3/b23-14-. The van der Waals surface area contributed by atoms with Crippen molar-refractivity contribution in [2.45, 2.75) is 13.5 Å². The average Bonchev–Trinajstić information content (AvgIpc) is 3.17. The maximum atomic E-state index is 13.1. The smallest absolute Gasteiger partial charge is 0.293 e. The highest BCUT2D eigenvalue weighted by Crippen LogP contribution is 2.36. The van der Waals surface area contributed by atoms with Gasteiger partial charge in [0.25, 0.3) is 11.1 Å². The van der Waals surface area contributed by atoms with Crippen LogP contribution in [0.4, 0.5) is 4.79 Å². The minimum absolute atomic E-state index is 0.225. The van der Waals surface area contributed by atoms with E-state index in [-0.39, 0.29) is 17.7 Å². The van der Waals surface area contributed by atoms with Crippen molar-refractivity contribution in [2.75, 3.05) is 0 Å². The molecule has 5 heteroatoms. The molecule has 4 nitrogen and oxygen atoms in total. The van der Waals surface area contributed by atoms with Crippen LogP contribution in [0.5, 0.6) is 0 Å². The molecule has 0 N–H and O–H groups in total. The van der Waals surface area contributed by atoms with Crippen LogP contribution in [-0.4, -0.2) is 20.6 Å². The monoisotopic (exact) mass is 412 g/mol. The Morgan fingerprint density at radius 1 is 0.900 bits per heavy atom. The lowest BCUT2D eigenvalue weighted by atomic mass is 10.0. The summed E-state index contributed by atoms with van der Waals surface area (Å²) in [5, 5.41) is 3.02. The molecule has 2 heterocycles. The van der Waals surface area contributed by atoms with Crippen LogP contribution in [0.3, 0.4) is 0 Å². The fourth-order valence-corrected chi connectivity index (χ4v) is 4.92. The van der Waals surface area contributed by atoms with Gasteiger partial charge in [0, 0.05) is 29.2 Å². The number of carbonyl (C=O) groups excluding carboxylic acids is 2. The maximum absolute atomic E-state index is 13.1. The maximum Gasteiger partial charge on any atom is 0.293 e. The molecule has 4 aromatic rings. The summed E-state index contributed by atoms with van der Waals surface area (Å²) in [7, 11) is 2.02. The predicted molar refractivity (Wildman–Crippen MR) is 123 cm³/mol. The first-order valence-electron chi connectivity index (χ1n) is 9.80. The number of aromatic nitrogens is 1. The molecule has 30 heavy (non-hydrogen) atoms. The van der Waals surface area contributed by atoms with Crippen LogP contribution in [0.1, 0.15) is 16.8 Å². The highest BCUT2D eigenvalue weighted by atomic mass is 32.2. The Morgan fingerprint density at radius 2 is 1.60 bits per heavy atom. The van der Waals surface area contributed by atoms with Gasteiger partial charge in [0.15, 0.2) is 0 Å². The van der Waals surface area contributed by atoms with Gasteiger partial charge in [-0.3, -0.25) is 14.5 Å². The third kappa shape index (κ3) is 2.94. The molecule has 1 aliphatic rings. The highest BCUT2D eigenvalue weighted by molar-refractivity contribution is 8.18. The zero-order chi connectivity index (χ0) is 20.8.